The molecule has 0 N–H and O–H groups in total. The number of ether oxygens (including phenoxy) is 4. The highest BCUT2D eigenvalue weighted by molar-refractivity contribution is 5.60. The van der Waals surface area contributed by atoms with Gasteiger partial charge in [-0.2, -0.15) is 0 Å². The average molecular weight is 555 g/mol. The molecule has 0 aromatic heterocycles. The number of carbonyl (C=O) groups is 2. The Morgan fingerprint density at radius 2 is 0.769 bits per heavy atom. The molecule has 0 atom stereocenters. The molecular formula is C33H62O6. The molecule has 0 amide bonds. The first kappa shape index (κ1) is 35.6. The van der Waals surface area contributed by atoms with Crippen molar-refractivity contribution in [3.8, 4) is 0 Å². The molecule has 1 fully saturated rings. The predicted octanol–water partition coefficient (Wildman–Crippen LogP) is 10.5. The van der Waals surface area contributed by atoms with Gasteiger partial charge in [0.25, 0.3) is 0 Å². The minimum absolute atomic E-state index is 0.158. The van der Waals surface area contributed by atoms with Crippen molar-refractivity contribution < 1.29 is 28.5 Å². The molecular weight excluding hydrogens is 492 g/mol. The number of rotatable bonds is 23. The van der Waals surface area contributed by atoms with E-state index in [2.05, 4.69) is 27.7 Å². The molecule has 0 unspecified atom stereocenters. The fourth-order valence-corrected chi connectivity index (χ4v) is 5.17. The predicted molar refractivity (Wildman–Crippen MR) is 159 cm³/mol. The van der Waals surface area contributed by atoms with Gasteiger partial charge in [0.2, 0.25) is 0 Å². The van der Waals surface area contributed by atoms with Crippen LogP contribution < -0.4 is 0 Å². The van der Waals surface area contributed by atoms with Gasteiger partial charge in [0.05, 0.1) is 13.2 Å². The third-order valence-corrected chi connectivity index (χ3v) is 7.69. The van der Waals surface area contributed by atoms with Gasteiger partial charge in [-0.15, -0.1) is 0 Å². The van der Waals surface area contributed by atoms with E-state index in [4.69, 9.17) is 18.9 Å². The minimum atomic E-state index is -0.571. The second kappa shape index (κ2) is 24.3. The summed E-state index contributed by atoms with van der Waals surface area (Å²) in [6.07, 6.45) is 22.2. The van der Waals surface area contributed by atoms with Gasteiger partial charge in [-0.1, -0.05) is 124 Å². The Morgan fingerprint density at radius 1 is 0.487 bits per heavy atom. The highest BCUT2D eigenvalue weighted by Crippen LogP contribution is 2.24. The first-order valence-electron chi connectivity index (χ1n) is 16.5. The average Bonchev–Trinajstić information content (AvgIpc) is 2.89. The zero-order chi connectivity index (χ0) is 28.6. The molecule has 1 aliphatic carbocycles. The molecule has 0 spiro atoms. The van der Waals surface area contributed by atoms with Crippen molar-refractivity contribution in [1.82, 2.24) is 0 Å². The third kappa shape index (κ3) is 23.0. The second-order valence-corrected chi connectivity index (χ2v) is 12.5. The van der Waals surface area contributed by atoms with E-state index in [1.54, 1.807) is 0 Å². The third-order valence-electron chi connectivity index (χ3n) is 7.69. The molecule has 230 valence electrons. The number of unbranched alkanes of at least 4 members (excludes halogenated alkanes) is 13. The zero-order valence-electron chi connectivity index (χ0n) is 26.0. The van der Waals surface area contributed by atoms with Crippen LogP contribution in [0, 0.1) is 11.8 Å². The van der Waals surface area contributed by atoms with E-state index in [1.807, 2.05) is 0 Å². The Hall–Kier alpha value is -1.46. The largest absolute Gasteiger partial charge is 0.508 e. The summed E-state index contributed by atoms with van der Waals surface area (Å²) in [4.78, 5) is 24.0. The van der Waals surface area contributed by atoms with Crippen molar-refractivity contribution in [3.05, 3.63) is 0 Å². The quantitative estimate of drug-likeness (QED) is 0.0924. The first-order chi connectivity index (χ1) is 18.9. The van der Waals surface area contributed by atoms with Crippen LogP contribution in [0.15, 0.2) is 0 Å². The molecule has 6 heteroatoms. The van der Waals surface area contributed by atoms with Gasteiger partial charge >= 0.3 is 12.3 Å². The summed E-state index contributed by atoms with van der Waals surface area (Å²) in [5.74, 6) is 1.63. The van der Waals surface area contributed by atoms with Gasteiger partial charge in [-0.25, -0.2) is 9.59 Å². The van der Waals surface area contributed by atoms with Crippen molar-refractivity contribution in [3.63, 3.8) is 0 Å². The smallest absolute Gasteiger partial charge is 0.434 e. The number of hydrogen-bond acceptors (Lipinski definition) is 6. The van der Waals surface area contributed by atoms with E-state index in [0.717, 1.165) is 37.5 Å². The van der Waals surface area contributed by atoms with Crippen LogP contribution in [0.5, 0.6) is 0 Å². The van der Waals surface area contributed by atoms with Crippen molar-refractivity contribution in [1.29, 1.82) is 0 Å². The van der Waals surface area contributed by atoms with Crippen molar-refractivity contribution in [2.45, 2.75) is 175 Å². The summed E-state index contributed by atoms with van der Waals surface area (Å²) in [5.41, 5.74) is 0. The molecule has 0 bridgehead atoms. The molecule has 0 saturated heterocycles. The second-order valence-electron chi connectivity index (χ2n) is 12.5. The van der Waals surface area contributed by atoms with Crippen molar-refractivity contribution in [2.75, 3.05) is 13.2 Å². The van der Waals surface area contributed by atoms with Crippen molar-refractivity contribution >= 4 is 12.3 Å². The maximum Gasteiger partial charge on any atom is 0.508 e. The van der Waals surface area contributed by atoms with E-state index >= 15 is 0 Å². The molecule has 0 aromatic carbocycles. The maximum absolute atomic E-state index is 12.0. The molecule has 0 heterocycles. The molecule has 1 saturated carbocycles. The lowest BCUT2D eigenvalue weighted by atomic mass is 9.95. The fraction of sp³-hybridized carbons (Fsp3) is 0.939. The van der Waals surface area contributed by atoms with Crippen molar-refractivity contribution in [2.24, 2.45) is 11.8 Å². The van der Waals surface area contributed by atoms with Gasteiger partial charge in [0.15, 0.2) is 0 Å². The molecule has 0 aromatic rings. The maximum atomic E-state index is 12.0. The zero-order valence-corrected chi connectivity index (χ0v) is 26.0. The standard InChI is InChI=1S/C33H62O6/c1-28(2)20-16-12-8-5-6-10-14-18-26-36-32(34)38-30-22-24-31(25-23-30)39-33(35)37-27-19-15-11-7-9-13-17-21-29(3)4/h28-31H,5-27H2,1-4H3. The first-order valence-corrected chi connectivity index (χ1v) is 16.5. The number of hydrogen-bond donors (Lipinski definition) is 0. The van der Waals surface area contributed by atoms with E-state index < -0.39 is 12.3 Å². The molecule has 0 aliphatic heterocycles. The highest BCUT2D eigenvalue weighted by atomic mass is 16.7. The van der Waals surface area contributed by atoms with E-state index in [9.17, 15) is 9.59 Å². The normalized spacial score (nSPS) is 17.4. The Kier molecular flexibility index (Phi) is 22.2. The van der Waals surface area contributed by atoms with Crippen LogP contribution in [-0.2, 0) is 18.9 Å². The molecule has 1 rings (SSSR count). The van der Waals surface area contributed by atoms with Crippen LogP contribution >= 0.6 is 0 Å². The summed E-state index contributed by atoms with van der Waals surface area (Å²) >= 11 is 0. The lowest BCUT2D eigenvalue weighted by Crippen LogP contribution is -2.30. The van der Waals surface area contributed by atoms with Crippen LogP contribution in [0.1, 0.15) is 163 Å². The van der Waals surface area contributed by atoms with Crippen LogP contribution in [0.2, 0.25) is 0 Å². The van der Waals surface area contributed by atoms with Gasteiger partial charge in [0.1, 0.15) is 12.2 Å². The summed E-state index contributed by atoms with van der Waals surface area (Å²) < 4.78 is 21.4. The monoisotopic (exact) mass is 554 g/mol. The van der Waals surface area contributed by atoms with E-state index in [1.165, 1.54) is 83.5 Å². The molecule has 39 heavy (non-hydrogen) atoms. The van der Waals surface area contributed by atoms with Gasteiger partial charge in [-0.3, -0.25) is 0 Å². The Balaban J connectivity index is 1.90. The van der Waals surface area contributed by atoms with Gasteiger partial charge in [-0.05, 0) is 50.4 Å². The highest BCUT2D eigenvalue weighted by Gasteiger charge is 2.27. The molecule has 6 nitrogen and oxygen atoms in total. The van der Waals surface area contributed by atoms with Crippen LogP contribution in [0.3, 0.4) is 0 Å². The Morgan fingerprint density at radius 3 is 1.08 bits per heavy atom. The Labute approximate surface area is 240 Å². The number of carbonyl (C=O) groups excluding carboxylic acids is 2. The topological polar surface area (TPSA) is 71.1 Å². The summed E-state index contributed by atoms with van der Waals surface area (Å²) in [6.45, 7) is 9.99. The van der Waals surface area contributed by atoms with Gasteiger partial charge in [0, 0.05) is 0 Å². The SMILES string of the molecule is CC(C)CCCCCCCCCCOC(=O)OC1CCC(OC(=O)OCCCCCCCCCC(C)C)CC1. The summed E-state index contributed by atoms with van der Waals surface area (Å²) in [6, 6.07) is 0. The molecule has 1 aliphatic rings. The molecule has 0 radical (unpaired) electrons. The summed E-state index contributed by atoms with van der Waals surface area (Å²) in [7, 11) is 0. The van der Waals surface area contributed by atoms with Crippen LogP contribution in [0.4, 0.5) is 9.59 Å². The summed E-state index contributed by atoms with van der Waals surface area (Å²) in [5, 5.41) is 0. The van der Waals surface area contributed by atoms with E-state index in [-0.39, 0.29) is 12.2 Å². The van der Waals surface area contributed by atoms with Crippen LogP contribution in [0.25, 0.3) is 0 Å². The van der Waals surface area contributed by atoms with Gasteiger partial charge < -0.3 is 18.9 Å². The Bertz CT molecular complexity index is 583. The lowest BCUT2D eigenvalue weighted by Gasteiger charge is -2.27. The minimum Gasteiger partial charge on any atom is -0.434 e. The lowest BCUT2D eigenvalue weighted by molar-refractivity contribution is -0.0271. The van der Waals surface area contributed by atoms with Crippen LogP contribution in [-0.4, -0.2) is 37.7 Å². The van der Waals surface area contributed by atoms with E-state index in [0.29, 0.717) is 38.9 Å². The fourth-order valence-electron chi connectivity index (χ4n) is 5.17.